The van der Waals surface area contributed by atoms with Gasteiger partial charge in [0.05, 0.1) is 34.4 Å². The largest absolute Gasteiger partial charge is 0.309 e. The van der Waals surface area contributed by atoms with Crippen LogP contribution in [0.3, 0.4) is 0 Å². The van der Waals surface area contributed by atoms with E-state index in [0.29, 0.717) is 11.0 Å². The molecule has 2 aromatic heterocycles. The molecule has 0 aliphatic carbocycles. The first-order valence-corrected chi connectivity index (χ1v) is 16.5. The zero-order valence-corrected chi connectivity index (χ0v) is 26.7. The molecule has 2 heteroatoms. The topological polar surface area (TPSA) is 9.86 Å². The molecule has 0 N–H and O–H groups in total. The normalized spacial score (nSPS) is 14.1. The molecular formula is C48H32N2. The summed E-state index contributed by atoms with van der Waals surface area (Å²) in [6.07, 6.45) is 0. The summed E-state index contributed by atoms with van der Waals surface area (Å²) >= 11 is 0. The standard InChI is InChI=1S/C48H32N2/c1-3-11-33(12-4-1)35-19-25-39(26-20-35)49-45-17-9-7-15-41(45)43-31-37(23-29-47(43)49)38-24-30-48-44(32-38)42-16-8-10-18-46(42)50(48)40-27-21-36(22-28-40)34-13-5-2-6-14-34/h1-32H/i1D,3D,4D,11D,12D,19D,20D,25D,26D. The van der Waals surface area contributed by atoms with Crippen LogP contribution in [-0.4, -0.2) is 9.13 Å². The van der Waals surface area contributed by atoms with Gasteiger partial charge in [-0.2, -0.15) is 0 Å². The van der Waals surface area contributed by atoms with Gasteiger partial charge in [0, 0.05) is 32.9 Å². The van der Waals surface area contributed by atoms with E-state index in [9.17, 15) is 2.74 Å². The summed E-state index contributed by atoms with van der Waals surface area (Å²) in [5, 5.41) is 3.94. The van der Waals surface area contributed by atoms with Crippen LogP contribution in [0, 0.1) is 0 Å². The van der Waals surface area contributed by atoms with Gasteiger partial charge in [-0.15, -0.1) is 0 Å². The van der Waals surface area contributed by atoms with Gasteiger partial charge in [-0.05, 0) is 94.0 Å². The summed E-state index contributed by atoms with van der Waals surface area (Å²) in [7, 11) is 0. The first-order chi connectivity index (χ1) is 28.5. The fourth-order valence-corrected chi connectivity index (χ4v) is 7.18. The Morgan fingerprint density at radius 3 is 1.36 bits per heavy atom. The Bertz CT molecular complexity index is 3310. The van der Waals surface area contributed by atoms with Crippen molar-refractivity contribution in [2.45, 2.75) is 0 Å². The lowest BCUT2D eigenvalue weighted by atomic mass is 10.0. The van der Waals surface area contributed by atoms with Gasteiger partial charge in [0.1, 0.15) is 0 Å². The molecule has 234 valence electrons. The number of benzene rings is 8. The van der Waals surface area contributed by atoms with E-state index in [2.05, 4.69) is 89.5 Å². The number of rotatable bonds is 5. The van der Waals surface area contributed by atoms with Crippen molar-refractivity contribution in [3.8, 4) is 44.8 Å². The third kappa shape index (κ3) is 4.57. The molecule has 10 aromatic rings. The van der Waals surface area contributed by atoms with Crippen molar-refractivity contribution in [1.29, 1.82) is 0 Å². The van der Waals surface area contributed by atoms with Crippen molar-refractivity contribution >= 4 is 43.6 Å². The van der Waals surface area contributed by atoms with E-state index in [1.807, 2.05) is 54.6 Å². The second kappa shape index (κ2) is 11.5. The van der Waals surface area contributed by atoms with Crippen LogP contribution in [0.25, 0.3) is 88.4 Å². The Morgan fingerprint density at radius 1 is 0.300 bits per heavy atom. The van der Waals surface area contributed by atoms with Crippen molar-refractivity contribution in [2.24, 2.45) is 0 Å². The van der Waals surface area contributed by atoms with Gasteiger partial charge in [0.25, 0.3) is 0 Å². The summed E-state index contributed by atoms with van der Waals surface area (Å²) in [5.41, 5.74) is 8.16. The van der Waals surface area contributed by atoms with Gasteiger partial charge in [0.15, 0.2) is 0 Å². The predicted octanol–water partition coefficient (Wildman–Crippen LogP) is 12.9. The quantitative estimate of drug-likeness (QED) is 0.176. The zero-order valence-electron chi connectivity index (χ0n) is 35.7. The molecule has 50 heavy (non-hydrogen) atoms. The highest BCUT2D eigenvalue weighted by molar-refractivity contribution is 6.12. The van der Waals surface area contributed by atoms with Gasteiger partial charge < -0.3 is 9.13 Å². The van der Waals surface area contributed by atoms with E-state index < -0.39 is 54.4 Å². The second-order valence-electron chi connectivity index (χ2n) is 12.3. The van der Waals surface area contributed by atoms with Crippen molar-refractivity contribution < 1.29 is 12.3 Å². The van der Waals surface area contributed by atoms with E-state index in [1.165, 1.54) is 5.56 Å². The molecule has 0 bridgehead atoms. The summed E-state index contributed by atoms with van der Waals surface area (Å²) < 4.78 is 81.9. The SMILES string of the molecule is [2H]c1c([2H])c([2H])c(-c2c([2H])c([2H])c(-n3c4ccccc4c4cc(-c5ccc6c(c5)c5ccccc5n6-c5ccc(-c6ccccc6)cc5)ccc43)c([2H])c2[2H])c([2H])c1[2H]. The molecule has 0 fully saturated rings. The van der Waals surface area contributed by atoms with Gasteiger partial charge in [-0.3, -0.25) is 0 Å². The number of fused-ring (bicyclic) bond motifs is 6. The molecule has 8 aromatic carbocycles. The van der Waals surface area contributed by atoms with Gasteiger partial charge in [-0.1, -0.05) is 133 Å². The zero-order chi connectivity index (χ0) is 40.9. The molecule has 0 radical (unpaired) electrons. The third-order valence-electron chi connectivity index (χ3n) is 9.50. The van der Waals surface area contributed by atoms with Crippen LogP contribution in [0.15, 0.2) is 194 Å². The second-order valence-corrected chi connectivity index (χ2v) is 12.3. The molecule has 0 amide bonds. The van der Waals surface area contributed by atoms with Gasteiger partial charge in [-0.25, -0.2) is 0 Å². The molecule has 0 aliphatic rings. The minimum Gasteiger partial charge on any atom is -0.309 e. The first kappa shape index (κ1) is 20.7. The average Bonchev–Trinajstić information content (AvgIpc) is 3.78. The van der Waals surface area contributed by atoms with Crippen molar-refractivity contribution in [1.82, 2.24) is 9.13 Å². The number of para-hydroxylation sites is 2. The third-order valence-corrected chi connectivity index (χ3v) is 9.50. The Balaban J connectivity index is 1.12. The number of hydrogen-bond acceptors (Lipinski definition) is 0. The van der Waals surface area contributed by atoms with Crippen molar-refractivity contribution in [2.75, 3.05) is 0 Å². The van der Waals surface area contributed by atoms with Gasteiger partial charge >= 0.3 is 0 Å². The molecule has 0 spiro atoms. The van der Waals surface area contributed by atoms with Crippen LogP contribution in [0.2, 0.25) is 0 Å². The fraction of sp³-hybridized carbons (Fsp3) is 0. The highest BCUT2D eigenvalue weighted by Gasteiger charge is 2.16. The maximum Gasteiger partial charge on any atom is 0.0645 e. The number of nitrogens with zero attached hydrogens (tertiary/aromatic N) is 2. The highest BCUT2D eigenvalue weighted by atomic mass is 15.0. The summed E-state index contributed by atoms with van der Waals surface area (Å²) in [6.45, 7) is 0. The Morgan fingerprint density at radius 2 is 0.760 bits per heavy atom. The highest BCUT2D eigenvalue weighted by Crippen LogP contribution is 2.38. The van der Waals surface area contributed by atoms with Crippen LogP contribution < -0.4 is 0 Å². The molecule has 0 saturated heterocycles. The lowest BCUT2D eigenvalue weighted by molar-refractivity contribution is 1.18. The lowest BCUT2D eigenvalue weighted by Gasteiger charge is -2.11. The Hall–Kier alpha value is -6.64. The summed E-state index contributed by atoms with van der Waals surface area (Å²) in [6, 6.07) is 42.7. The van der Waals surface area contributed by atoms with Crippen LogP contribution in [-0.2, 0) is 0 Å². The summed E-state index contributed by atoms with van der Waals surface area (Å²) in [5.74, 6) is 0. The maximum absolute atomic E-state index is 9.21. The predicted molar refractivity (Wildman–Crippen MR) is 211 cm³/mol. The number of aromatic nitrogens is 2. The molecular weight excluding hydrogens is 605 g/mol. The number of hydrogen-bond donors (Lipinski definition) is 0. The van der Waals surface area contributed by atoms with Crippen LogP contribution in [0.5, 0.6) is 0 Å². The molecule has 0 atom stereocenters. The van der Waals surface area contributed by atoms with E-state index in [-0.39, 0.29) is 16.8 Å². The van der Waals surface area contributed by atoms with Crippen LogP contribution in [0.4, 0.5) is 0 Å². The van der Waals surface area contributed by atoms with Crippen molar-refractivity contribution in [3.63, 3.8) is 0 Å². The molecule has 0 unspecified atom stereocenters. The fourth-order valence-electron chi connectivity index (χ4n) is 7.18. The molecule has 0 saturated carbocycles. The monoisotopic (exact) mass is 645 g/mol. The Labute approximate surface area is 303 Å². The van der Waals surface area contributed by atoms with Crippen LogP contribution in [0.1, 0.15) is 12.3 Å². The first-order valence-electron chi connectivity index (χ1n) is 21.0. The van der Waals surface area contributed by atoms with E-state index in [0.717, 1.165) is 55.0 Å². The smallest absolute Gasteiger partial charge is 0.0645 e. The van der Waals surface area contributed by atoms with E-state index in [4.69, 9.17) is 9.60 Å². The maximum atomic E-state index is 9.21. The molecule has 10 rings (SSSR count). The van der Waals surface area contributed by atoms with E-state index in [1.54, 1.807) is 4.57 Å². The van der Waals surface area contributed by atoms with E-state index >= 15 is 0 Å². The van der Waals surface area contributed by atoms with Crippen molar-refractivity contribution in [3.05, 3.63) is 194 Å². The average molecular weight is 646 g/mol. The van der Waals surface area contributed by atoms with Gasteiger partial charge in [0.2, 0.25) is 0 Å². The molecule has 0 aliphatic heterocycles. The minimum atomic E-state index is -0.612. The summed E-state index contributed by atoms with van der Waals surface area (Å²) in [4.78, 5) is 0. The Kier molecular flexibility index (Phi) is 4.76. The minimum absolute atomic E-state index is 0.00102. The van der Waals surface area contributed by atoms with Crippen LogP contribution >= 0.6 is 0 Å². The molecule has 2 heterocycles. The lowest BCUT2D eigenvalue weighted by Crippen LogP contribution is -1.94. The molecule has 2 nitrogen and oxygen atoms in total.